The van der Waals surface area contributed by atoms with E-state index in [9.17, 15) is 0 Å². The third-order valence-corrected chi connectivity index (χ3v) is 2.45. The van der Waals surface area contributed by atoms with Crippen LogP contribution in [0, 0.1) is 0 Å². The zero-order chi connectivity index (χ0) is 8.97. The molecule has 0 unspecified atom stereocenters. The topological polar surface area (TPSA) is 16.1 Å². The van der Waals surface area contributed by atoms with Crippen molar-refractivity contribution in [1.29, 1.82) is 0 Å². The monoisotopic (exact) mass is 228 g/mol. The first-order chi connectivity index (χ1) is 5.70. The number of nitrogens with zero attached hydrogens (tertiary/aromatic N) is 2. The summed E-state index contributed by atoms with van der Waals surface area (Å²) >= 11 is 3.49. The fourth-order valence-corrected chi connectivity index (χ4v) is 1.36. The Bertz CT molecular complexity index is 248. The van der Waals surface area contributed by atoms with E-state index in [2.05, 4.69) is 39.9 Å². The SMILES string of the molecule is CN(C)CCc1cnccc1Br. The molecule has 0 spiro atoms. The van der Waals surface area contributed by atoms with E-state index < -0.39 is 0 Å². The van der Waals surface area contributed by atoms with E-state index in [-0.39, 0.29) is 0 Å². The molecule has 0 aliphatic heterocycles. The fourth-order valence-electron chi connectivity index (χ4n) is 0.938. The molecule has 66 valence electrons. The highest BCUT2D eigenvalue weighted by Gasteiger charge is 1.98. The van der Waals surface area contributed by atoms with Crippen molar-refractivity contribution in [1.82, 2.24) is 9.88 Å². The Hall–Kier alpha value is -0.410. The second-order valence-electron chi connectivity index (χ2n) is 3.02. The van der Waals surface area contributed by atoms with Gasteiger partial charge < -0.3 is 4.90 Å². The zero-order valence-electron chi connectivity index (χ0n) is 7.42. The van der Waals surface area contributed by atoms with Gasteiger partial charge in [0.25, 0.3) is 0 Å². The Morgan fingerprint density at radius 3 is 2.83 bits per heavy atom. The van der Waals surface area contributed by atoms with Crippen LogP contribution in [0.1, 0.15) is 5.56 Å². The summed E-state index contributed by atoms with van der Waals surface area (Å²) < 4.78 is 1.15. The maximum absolute atomic E-state index is 4.07. The van der Waals surface area contributed by atoms with E-state index in [0.29, 0.717) is 0 Å². The van der Waals surface area contributed by atoms with Crippen molar-refractivity contribution in [3.63, 3.8) is 0 Å². The highest BCUT2D eigenvalue weighted by Crippen LogP contribution is 2.14. The number of rotatable bonds is 3. The van der Waals surface area contributed by atoms with Crippen molar-refractivity contribution < 1.29 is 0 Å². The molecule has 0 aliphatic rings. The molecule has 0 saturated heterocycles. The first-order valence-electron chi connectivity index (χ1n) is 3.93. The molecule has 1 rings (SSSR count). The maximum Gasteiger partial charge on any atom is 0.0311 e. The predicted octanol–water partition coefficient (Wildman–Crippen LogP) is 1.95. The summed E-state index contributed by atoms with van der Waals surface area (Å²) in [5.74, 6) is 0. The Morgan fingerprint density at radius 1 is 1.50 bits per heavy atom. The lowest BCUT2D eigenvalue weighted by Gasteiger charge is -2.09. The summed E-state index contributed by atoms with van der Waals surface area (Å²) in [4.78, 5) is 6.24. The number of halogens is 1. The van der Waals surface area contributed by atoms with Gasteiger partial charge in [-0.05, 0) is 32.1 Å². The summed E-state index contributed by atoms with van der Waals surface area (Å²) in [6.07, 6.45) is 4.75. The van der Waals surface area contributed by atoms with Crippen molar-refractivity contribution in [3.8, 4) is 0 Å². The molecule has 0 saturated carbocycles. The highest BCUT2D eigenvalue weighted by molar-refractivity contribution is 9.10. The van der Waals surface area contributed by atoms with Gasteiger partial charge in [0.2, 0.25) is 0 Å². The van der Waals surface area contributed by atoms with Crippen molar-refractivity contribution in [2.75, 3.05) is 20.6 Å². The summed E-state index contributed by atoms with van der Waals surface area (Å²) in [6.45, 7) is 1.06. The third kappa shape index (κ3) is 2.91. The van der Waals surface area contributed by atoms with Gasteiger partial charge in [-0.1, -0.05) is 15.9 Å². The summed E-state index contributed by atoms with van der Waals surface area (Å²) in [5.41, 5.74) is 1.27. The number of hydrogen-bond donors (Lipinski definition) is 0. The van der Waals surface area contributed by atoms with E-state index in [1.54, 1.807) is 6.20 Å². The number of pyridine rings is 1. The summed E-state index contributed by atoms with van der Waals surface area (Å²) in [7, 11) is 4.15. The molecule has 0 atom stereocenters. The summed E-state index contributed by atoms with van der Waals surface area (Å²) in [5, 5.41) is 0. The largest absolute Gasteiger partial charge is 0.309 e. The van der Waals surface area contributed by atoms with Gasteiger partial charge in [-0.25, -0.2) is 0 Å². The van der Waals surface area contributed by atoms with Gasteiger partial charge in [0.15, 0.2) is 0 Å². The second-order valence-corrected chi connectivity index (χ2v) is 3.87. The fraction of sp³-hybridized carbons (Fsp3) is 0.444. The molecule has 0 amide bonds. The van der Waals surface area contributed by atoms with Gasteiger partial charge >= 0.3 is 0 Å². The lowest BCUT2D eigenvalue weighted by molar-refractivity contribution is 0.413. The summed E-state index contributed by atoms with van der Waals surface area (Å²) in [6, 6.07) is 1.98. The number of likely N-dealkylation sites (N-methyl/N-ethyl adjacent to an activating group) is 1. The highest BCUT2D eigenvalue weighted by atomic mass is 79.9. The van der Waals surface area contributed by atoms with Gasteiger partial charge in [-0.3, -0.25) is 4.98 Å². The van der Waals surface area contributed by atoms with E-state index >= 15 is 0 Å². The van der Waals surface area contributed by atoms with Crippen LogP contribution in [0.3, 0.4) is 0 Å². The van der Waals surface area contributed by atoms with Crippen LogP contribution >= 0.6 is 15.9 Å². The molecule has 2 nitrogen and oxygen atoms in total. The predicted molar refractivity (Wildman–Crippen MR) is 54.2 cm³/mol. The molecule has 3 heteroatoms. The van der Waals surface area contributed by atoms with Gasteiger partial charge in [-0.15, -0.1) is 0 Å². The minimum atomic E-state index is 1.04. The van der Waals surface area contributed by atoms with Gasteiger partial charge in [0.05, 0.1) is 0 Å². The van der Waals surface area contributed by atoms with Crippen LogP contribution in [0.4, 0.5) is 0 Å². The Morgan fingerprint density at radius 2 is 2.25 bits per heavy atom. The zero-order valence-corrected chi connectivity index (χ0v) is 9.00. The van der Waals surface area contributed by atoms with Crippen LogP contribution in [0.25, 0.3) is 0 Å². The molecule has 1 aromatic rings. The average molecular weight is 229 g/mol. The quantitative estimate of drug-likeness (QED) is 0.787. The van der Waals surface area contributed by atoms with Crippen molar-refractivity contribution in [2.24, 2.45) is 0 Å². The molecule has 1 heterocycles. The van der Waals surface area contributed by atoms with E-state index in [1.807, 2.05) is 12.3 Å². The molecule has 0 bridgehead atoms. The smallest absolute Gasteiger partial charge is 0.0311 e. The van der Waals surface area contributed by atoms with Crippen LogP contribution in [-0.2, 0) is 6.42 Å². The Balaban J connectivity index is 2.57. The molecule has 0 aromatic carbocycles. The number of hydrogen-bond acceptors (Lipinski definition) is 2. The van der Waals surface area contributed by atoms with Crippen LogP contribution in [0.5, 0.6) is 0 Å². The minimum absolute atomic E-state index is 1.04. The van der Waals surface area contributed by atoms with E-state index in [0.717, 1.165) is 17.4 Å². The molecular formula is C9H13BrN2. The van der Waals surface area contributed by atoms with Gasteiger partial charge in [-0.2, -0.15) is 0 Å². The normalized spacial score (nSPS) is 10.7. The molecule has 0 aliphatic carbocycles. The lowest BCUT2D eigenvalue weighted by atomic mass is 10.2. The molecule has 12 heavy (non-hydrogen) atoms. The first kappa shape index (κ1) is 9.68. The lowest BCUT2D eigenvalue weighted by Crippen LogP contribution is -2.15. The van der Waals surface area contributed by atoms with Crippen molar-refractivity contribution >= 4 is 15.9 Å². The minimum Gasteiger partial charge on any atom is -0.309 e. The molecule has 0 fully saturated rings. The maximum atomic E-state index is 4.07. The Labute approximate surface area is 81.7 Å². The van der Waals surface area contributed by atoms with Gasteiger partial charge in [0, 0.05) is 23.4 Å². The first-order valence-corrected chi connectivity index (χ1v) is 4.72. The molecule has 0 radical (unpaired) electrons. The van der Waals surface area contributed by atoms with E-state index in [4.69, 9.17) is 0 Å². The third-order valence-electron chi connectivity index (χ3n) is 1.67. The molecular weight excluding hydrogens is 216 g/mol. The van der Waals surface area contributed by atoms with Crippen molar-refractivity contribution in [2.45, 2.75) is 6.42 Å². The number of aromatic nitrogens is 1. The van der Waals surface area contributed by atoms with Crippen molar-refractivity contribution in [3.05, 3.63) is 28.5 Å². The molecule has 1 aromatic heterocycles. The van der Waals surface area contributed by atoms with Crippen LogP contribution in [0.2, 0.25) is 0 Å². The van der Waals surface area contributed by atoms with Crippen LogP contribution in [-0.4, -0.2) is 30.5 Å². The van der Waals surface area contributed by atoms with Gasteiger partial charge in [0.1, 0.15) is 0 Å². The van der Waals surface area contributed by atoms with E-state index in [1.165, 1.54) is 5.56 Å². The average Bonchev–Trinajstić information content (AvgIpc) is 2.03. The standard InChI is InChI=1S/C9H13BrN2/c1-12(2)6-4-8-7-11-5-3-9(8)10/h3,5,7H,4,6H2,1-2H3. The molecule has 0 N–H and O–H groups in total. The Kier molecular flexibility index (Phi) is 3.69. The second kappa shape index (κ2) is 4.58. The van der Waals surface area contributed by atoms with Crippen LogP contribution in [0.15, 0.2) is 22.9 Å². The van der Waals surface area contributed by atoms with Crippen LogP contribution < -0.4 is 0 Å².